The predicted octanol–water partition coefficient (Wildman–Crippen LogP) is 1.63. The highest BCUT2D eigenvalue weighted by molar-refractivity contribution is 4.92. The molecule has 3 atom stereocenters. The van der Waals surface area contributed by atoms with Crippen LogP contribution in [0.5, 0.6) is 0 Å². The molecule has 0 spiro atoms. The summed E-state index contributed by atoms with van der Waals surface area (Å²) in [6.45, 7) is 3.53. The Hall–Kier alpha value is -0.550. The van der Waals surface area contributed by atoms with E-state index >= 15 is 0 Å². The minimum absolute atomic E-state index is 0.321. The molecule has 0 aromatic heterocycles. The van der Waals surface area contributed by atoms with Crippen LogP contribution >= 0.6 is 0 Å². The average Bonchev–Trinajstić information content (AvgIpc) is 2.27. The molecular weight excluding hydrogens is 148 g/mol. The van der Waals surface area contributed by atoms with Gasteiger partial charge in [0.25, 0.3) is 0 Å². The van der Waals surface area contributed by atoms with Gasteiger partial charge in [0, 0.05) is 13.1 Å². The second kappa shape index (κ2) is 3.45. The van der Waals surface area contributed by atoms with Crippen molar-refractivity contribution >= 4 is 0 Å². The normalized spacial score (nSPS) is 41.4. The van der Waals surface area contributed by atoms with Gasteiger partial charge in [-0.05, 0) is 31.7 Å². The van der Waals surface area contributed by atoms with Crippen LogP contribution < -0.4 is 0 Å². The summed E-state index contributed by atoms with van der Waals surface area (Å²) in [5.41, 5.74) is 0. The van der Waals surface area contributed by atoms with Crippen LogP contribution in [0.25, 0.3) is 0 Å². The Bertz CT molecular complexity index is 181. The van der Waals surface area contributed by atoms with Gasteiger partial charge in [-0.1, -0.05) is 6.42 Å². The molecule has 0 N–H and O–H groups in total. The summed E-state index contributed by atoms with van der Waals surface area (Å²) >= 11 is 0. The summed E-state index contributed by atoms with van der Waals surface area (Å²) in [6, 6.07) is 2.42. The third-order valence-electron chi connectivity index (χ3n) is 3.13. The molecule has 2 bridgehead atoms. The van der Waals surface area contributed by atoms with E-state index < -0.39 is 0 Å². The molecule has 2 nitrogen and oxygen atoms in total. The Balaban J connectivity index is 2.02. The number of hydrogen-bond donors (Lipinski definition) is 0. The number of nitrogens with zero attached hydrogens (tertiary/aromatic N) is 2. The molecule has 2 fully saturated rings. The van der Waals surface area contributed by atoms with E-state index in [0.717, 1.165) is 18.9 Å². The van der Waals surface area contributed by atoms with Crippen LogP contribution in [-0.2, 0) is 0 Å². The van der Waals surface area contributed by atoms with Gasteiger partial charge in [-0.2, -0.15) is 5.26 Å². The molecule has 0 aliphatic carbocycles. The van der Waals surface area contributed by atoms with Gasteiger partial charge >= 0.3 is 0 Å². The van der Waals surface area contributed by atoms with Crippen LogP contribution in [0, 0.1) is 23.2 Å². The first-order chi connectivity index (χ1) is 5.88. The fourth-order valence-electron chi connectivity index (χ4n) is 2.56. The molecule has 0 radical (unpaired) electrons. The van der Waals surface area contributed by atoms with Crippen molar-refractivity contribution in [2.24, 2.45) is 11.8 Å². The van der Waals surface area contributed by atoms with Crippen molar-refractivity contribution < 1.29 is 0 Å². The van der Waals surface area contributed by atoms with Crippen molar-refractivity contribution in [1.82, 2.24) is 4.90 Å². The van der Waals surface area contributed by atoms with Gasteiger partial charge in [0.1, 0.15) is 0 Å². The van der Waals surface area contributed by atoms with Gasteiger partial charge in [0.15, 0.2) is 0 Å². The molecule has 2 aliphatic heterocycles. The number of fused-ring (bicyclic) bond motifs is 2. The van der Waals surface area contributed by atoms with E-state index in [2.05, 4.69) is 11.0 Å². The molecule has 0 aromatic rings. The Kier molecular flexibility index (Phi) is 2.32. The smallest absolute Gasteiger partial charge is 0.0669 e. The van der Waals surface area contributed by atoms with E-state index in [4.69, 9.17) is 5.26 Å². The van der Waals surface area contributed by atoms with E-state index in [0.29, 0.717) is 5.92 Å². The summed E-state index contributed by atoms with van der Waals surface area (Å²) in [5, 5.41) is 8.86. The quantitative estimate of drug-likeness (QED) is 0.544. The van der Waals surface area contributed by atoms with Gasteiger partial charge in [0.05, 0.1) is 12.0 Å². The number of piperidine rings is 1. The summed E-state index contributed by atoms with van der Waals surface area (Å²) in [6.07, 6.45) is 5.23. The maximum atomic E-state index is 8.86. The van der Waals surface area contributed by atoms with Crippen molar-refractivity contribution in [2.45, 2.75) is 25.7 Å². The Labute approximate surface area is 74.2 Å². The number of nitriles is 1. The van der Waals surface area contributed by atoms with Crippen LogP contribution in [-0.4, -0.2) is 24.5 Å². The number of rotatable bonds is 0. The monoisotopic (exact) mass is 164 g/mol. The molecule has 3 unspecified atom stereocenters. The highest BCUT2D eigenvalue weighted by Crippen LogP contribution is 2.28. The summed E-state index contributed by atoms with van der Waals surface area (Å²) in [5.74, 6) is 1.15. The summed E-state index contributed by atoms with van der Waals surface area (Å²) < 4.78 is 0. The molecule has 66 valence electrons. The summed E-state index contributed by atoms with van der Waals surface area (Å²) in [4.78, 5) is 2.48. The zero-order chi connectivity index (χ0) is 8.39. The lowest BCUT2D eigenvalue weighted by molar-refractivity contribution is 0.162. The lowest BCUT2D eigenvalue weighted by Gasteiger charge is -2.32. The third-order valence-corrected chi connectivity index (χ3v) is 3.13. The van der Waals surface area contributed by atoms with Crippen LogP contribution in [0.2, 0.25) is 0 Å². The molecule has 2 saturated heterocycles. The zero-order valence-corrected chi connectivity index (χ0v) is 7.50. The maximum Gasteiger partial charge on any atom is 0.0669 e. The molecular formula is C10H16N2. The van der Waals surface area contributed by atoms with Crippen LogP contribution in [0.3, 0.4) is 0 Å². The maximum absolute atomic E-state index is 8.86. The van der Waals surface area contributed by atoms with Gasteiger partial charge < -0.3 is 4.90 Å². The largest absolute Gasteiger partial charge is 0.302 e. The molecule has 2 aliphatic rings. The molecule has 2 rings (SSSR count). The first-order valence-electron chi connectivity index (χ1n) is 5.00. The van der Waals surface area contributed by atoms with Gasteiger partial charge in [0.2, 0.25) is 0 Å². The first kappa shape index (κ1) is 8.07. The molecule has 2 heteroatoms. The van der Waals surface area contributed by atoms with Crippen molar-refractivity contribution in [2.75, 3.05) is 19.6 Å². The highest BCUT2D eigenvalue weighted by Gasteiger charge is 2.28. The molecule has 0 saturated carbocycles. The minimum atomic E-state index is 0.321. The topological polar surface area (TPSA) is 27.0 Å². The fraction of sp³-hybridized carbons (Fsp3) is 0.900. The first-order valence-corrected chi connectivity index (χ1v) is 5.00. The van der Waals surface area contributed by atoms with Gasteiger partial charge in [-0.25, -0.2) is 0 Å². The van der Waals surface area contributed by atoms with Crippen LogP contribution in [0.15, 0.2) is 0 Å². The highest BCUT2D eigenvalue weighted by atomic mass is 15.1. The van der Waals surface area contributed by atoms with Crippen molar-refractivity contribution in [3.8, 4) is 6.07 Å². The van der Waals surface area contributed by atoms with Crippen molar-refractivity contribution in [3.63, 3.8) is 0 Å². The molecule has 0 amide bonds. The van der Waals surface area contributed by atoms with Crippen LogP contribution in [0.4, 0.5) is 0 Å². The summed E-state index contributed by atoms with van der Waals surface area (Å²) in [7, 11) is 0. The predicted molar refractivity (Wildman–Crippen MR) is 47.5 cm³/mol. The minimum Gasteiger partial charge on any atom is -0.302 e. The fourth-order valence-corrected chi connectivity index (χ4v) is 2.56. The van der Waals surface area contributed by atoms with E-state index in [1.54, 1.807) is 0 Å². The lowest BCUT2D eigenvalue weighted by Crippen LogP contribution is -2.38. The average molecular weight is 164 g/mol. The lowest BCUT2D eigenvalue weighted by atomic mass is 9.88. The van der Waals surface area contributed by atoms with E-state index in [1.807, 2.05) is 0 Å². The van der Waals surface area contributed by atoms with Crippen molar-refractivity contribution in [3.05, 3.63) is 0 Å². The van der Waals surface area contributed by atoms with Gasteiger partial charge in [-0.15, -0.1) is 0 Å². The van der Waals surface area contributed by atoms with E-state index in [1.165, 1.54) is 32.4 Å². The second-order valence-corrected chi connectivity index (χ2v) is 4.18. The molecule has 12 heavy (non-hydrogen) atoms. The SMILES string of the molecule is N#CC1CC2CCCCN(C1)C2. The zero-order valence-electron chi connectivity index (χ0n) is 7.50. The second-order valence-electron chi connectivity index (χ2n) is 4.18. The third kappa shape index (κ3) is 1.61. The Morgan fingerprint density at radius 2 is 2.17 bits per heavy atom. The molecule has 0 aromatic carbocycles. The van der Waals surface area contributed by atoms with Crippen LogP contribution in [0.1, 0.15) is 25.7 Å². The van der Waals surface area contributed by atoms with Crippen molar-refractivity contribution in [1.29, 1.82) is 5.26 Å². The Morgan fingerprint density at radius 3 is 3.00 bits per heavy atom. The number of hydrogen-bond acceptors (Lipinski definition) is 2. The van der Waals surface area contributed by atoms with E-state index in [9.17, 15) is 0 Å². The standard InChI is InChI=1S/C10H16N2/c11-6-10-5-9-3-1-2-4-12(7-9)8-10/h9-10H,1-5,7-8H2. The molecule has 2 heterocycles. The Morgan fingerprint density at radius 1 is 1.25 bits per heavy atom. The van der Waals surface area contributed by atoms with Gasteiger partial charge in [-0.3, -0.25) is 0 Å². The van der Waals surface area contributed by atoms with E-state index in [-0.39, 0.29) is 0 Å².